The van der Waals surface area contributed by atoms with E-state index in [1.807, 2.05) is 9.47 Å². The van der Waals surface area contributed by atoms with Crippen molar-refractivity contribution in [1.82, 2.24) is 24.6 Å². The number of aromatic amines is 1. The van der Waals surface area contributed by atoms with E-state index in [-0.39, 0.29) is 5.91 Å². The summed E-state index contributed by atoms with van der Waals surface area (Å²) in [4.78, 5) is 18.5. The molecule has 25 heavy (non-hydrogen) atoms. The predicted octanol–water partition coefficient (Wildman–Crippen LogP) is 2.60. The van der Waals surface area contributed by atoms with Crippen molar-refractivity contribution in [3.05, 3.63) is 46.7 Å². The molecule has 6 nitrogen and oxygen atoms in total. The number of nitrogens with zero attached hydrogens (tertiary/aromatic N) is 4. The van der Waals surface area contributed by atoms with Crippen molar-refractivity contribution in [3.63, 3.8) is 0 Å². The predicted molar refractivity (Wildman–Crippen MR) is 94.4 cm³/mol. The van der Waals surface area contributed by atoms with E-state index in [0.29, 0.717) is 12.4 Å². The molecule has 1 amide bonds. The van der Waals surface area contributed by atoms with Crippen LogP contribution in [0.15, 0.2) is 18.2 Å². The summed E-state index contributed by atoms with van der Waals surface area (Å²) in [5.74, 6) is 1.47. The fourth-order valence-electron chi connectivity index (χ4n) is 4.11. The molecule has 0 saturated heterocycles. The lowest BCUT2D eigenvalue weighted by Gasteiger charge is -2.27. The first-order valence-electron chi connectivity index (χ1n) is 9.02. The lowest BCUT2D eigenvalue weighted by atomic mass is 10.0. The second kappa shape index (κ2) is 5.44. The van der Waals surface area contributed by atoms with Crippen LogP contribution in [0.4, 0.5) is 0 Å². The average molecular weight is 335 g/mol. The first-order chi connectivity index (χ1) is 12.2. The summed E-state index contributed by atoms with van der Waals surface area (Å²) in [6.45, 7) is 4.32. The van der Waals surface area contributed by atoms with Gasteiger partial charge in [0.1, 0.15) is 5.82 Å². The van der Waals surface area contributed by atoms with Crippen LogP contribution in [0.1, 0.15) is 46.1 Å². The number of rotatable bonds is 1. The molecule has 2 aliphatic heterocycles. The van der Waals surface area contributed by atoms with Crippen molar-refractivity contribution >= 4 is 16.8 Å². The molecule has 0 fully saturated rings. The van der Waals surface area contributed by atoms with Crippen LogP contribution in [0.25, 0.3) is 10.9 Å². The van der Waals surface area contributed by atoms with Crippen molar-refractivity contribution in [2.45, 2.75) is 45.7 Å². The molecule has 0 unspecified atom stereocenters. The van der Waals surface area contributed by atoms with Gasteiger partial charge in [-0.3, -0.25) is 4.79 Å². The lowest BCUT2D eigenvalue weighted by molar-refractivity contribution is 0.0716. The molecule has 0 atom stereocenters. The lowest BCUT2D eigenvalue weighted by Crippen LogP contribution is -2.37. The van der Waals surface area contributed by atoms with Gasteiger partial charge >= 0.3 is 0 Å². The number of aromatic nitrogens is 4. The van der Waals surface area contributed by atoms with Gasteiger partial charge in [-0.15, -0.1) is 10.2 Å². The van der Waals surface area contributed by atoms with Gasteiger partial charge in [0, 0.05) is 54.6 Å². The summed E-state index contributed by atoms with van der Waals surface area (Å²) in [7, 11) is 0. The number of carbonyl (C=O) groups is 1. The normalized spacial score (nSPS) is 16.8. The molecule has 3 aromatic rings. The fourth-order valence-corrected chi connectivity index (χ4v) is 4.11. The second-order valence-electron chi connectivity index (χ2n) is 7.16. The van der Waals surface area contributed by atoms with Gasteiger partial charge in [-0.2, -0.15) is 0 Å². The van der Waals surface area contributed by atoms with Gasteiger partial charge in [0.15, 0.2) is 0 Å². The minimum Gasteiger partial charge on any atom is -0.358 e. The van der Waals surface area contributed by atoms with E-state index in [1.165, 1.54) is 22.2 Å². The molecule has 0 bridgehead atoms. The molecule has 1 N–H and O–H groups in total. The van der Waals surface area contributed by atoms with Gasteiger partial charge in [0.25, 0.3) is 5.91 Å². The highest BCUT2D eigenvalue weighted by molar-refractivity contribution is 5.92. The highest BCUT2D eigenvalue weighted by atomic mass is 16.2. The zero-order valence-corrected chi connectivity index (χ0v) is 14.4. The summed E-state index contributed by atoms with van der Waals surface area (Å²) in [6, 6.07) is 6.46. The van der Waals surface area contributed by atoms with Crippen molar-refractivity contribution in [2.24, 2.45) is 0 Å². The number of hydrogen-bond acceptors (Lipinski definition) is 3. The molecule has 128 valence electrons. The molecule has 6 heteroatoms. The number of H-pyrrole nitrogens is 1. The summed E-state index contributed by atoms with van der Waals surface area (Å²) in [6.07, 6.45) is 4.01. The number of nitrogens with one attached hydrogen (secondary N) is 1. The Morgan fingerprint density at radius 2 is 2.08 bits per heavy atom. The standard InChI is InChI=1S/C19H21N5O/c1-12-5-6-15-13(10-12)14-11-23(9-7-16(14)20-15)19(25)18-22-21-17-4-2-3-8-24(17)18/h5-6,10,20H,2-4,7-9,11H2,1H3. The summed E-state index contributed by atoms with van der Waals surface area (Å²) >= 11 is 0. The zero-order chi connectivity index (χ0) is 17.0. The molecule has 2 aromatic heterocycles. The Balaban J connectivity index is 1.49. The third-order valence-electron chi connectivity index (χ3n) is 5.47. The quantitative estimate of drug-likeness (QED) is 0.743. The highest BCUT2D eigenvalue weighted by Gasteiger charge is 2.29. The molecular formula is C19H21N5O. The molecule has 0 aliphatic carbocycles. The topological polar surface area (TPSA) is 66.8 Å². The Morgan fingerprint density at radius 1 is 1.16 bits per heavy atom. The SMILES string of the molecule is Cc1ccc2[nH]c3c(c2c1)CN(C(=O)c1nnc2n1CCCC2)CC3. The fraction of sp³-hybridized carbons (Fsp3) is 0.421. The molecule has 5 rings (SSSR count). The number of amides is 1. The maximum Gasteiger partial charge on any atom is 0.292 e. The largest absolute Gasteiger partial charge is 0.358 e. The van der Waals surface area contributed by atoms with E-state index in [1.54, 1.807) is 0 Å². The van der Waals surface area contributed by atoms with Crippen molar-refractivity contribution in [1.29, 1.82) is 0 Å². The average Bonchev–Trinajstić information content (AvgIpc) is 3.22. The number of fused-ring (bicyclic) bond motifs is 4. The van der Waals surface area contributed by atoms with Crippen LogP contribution in [-0.2, 0) is 25.9 Å². The Kier molecular flexibility index (Phi) is 3.20. The van der Waals surface area contributed by atoms with Crippen LogP contribution in [0, 0.1) is 6.92 Å². The van der Waals surface area contributed by atoms with E-state index >= 15 is 0 Å². The van der Waals surface area contributed by atoms with Crippen LogP contribution in [0.5, 0.6) is 0 Å². The molecule has 0 saturated carbocycles. The van der Waals surface area contributed by atoms with Crippen LogP contribution in [-0.4, -0.2) is 37.1 Å². The maximum atomic E-state index is 13.1. The molecule has 0 radical (unpaired) electrons. The number of aryl methyl sites for hydroxylation is 2. The van der Waals surface area contributed by atoms with E-state index in [9.17, 15) is 4.79 Å². The van der Waals surface area contributed by atoms with Gasteiger partial charge in [0.05, 0.1) is 0 Å². The third kappa shape index (κ3) is 2.27. The molecule has 4 heterocycles. The molecule has 1 aromatic carbocycles. The number of hydrogen-bond donors (Lipinski definition) is 1. The van der Waals surface area contributed by atoms with Gasteiger partial charge in [-0.25, -0.2) is 0 Å². The Hall–Kier alpha value is -2.63. The van der Waals surface area contributed by atoms with E-state index in [4.69, 9.17) is 0 Å². The van der Waals surface area contributed by atoms with Gasteiger partial charge < -0.3 is 14.5 Å². The summed E-state index contributed by atoms with van der Waals surface area (Å²) in [5, 5.41) is 9.67. The minimum absolute atomic E-state index is 0.00769. The van der Waals surface area contributed by atoms with Gasteiger partial charge in [-0.05, 0) is 31.9 Å². The maximum absolute atomic E-state index is 13.1. The van der Waals surface area contributed by atoms with Crippen LogP contribution >= 0.6 is 0 Å². The molecule has 0 spiro atoms. The van der Waals surface area contributed by atoms with E-state index in [0.717, 1.165) is 50.1 Å². The number of carbonyl (C=O) groups excluding carboxylic acids is 1. The second-order valence-corrected chi connectivity index (χ2v) is 7.16. The third-order valence-corrected chi connectivity index (χ3v) is 5.47. The van der Waals surface area contributed by atoms with Crippen molar-refractivity contribution < 1.29 is 4.79 Å². The highest BCUT2D eigenvalue weighted by Crippen LogP contribution is 2.29. The molecular weight excluding hydrogens is 314 g/mol. The first-order valence-corrected chi connectivity index (χ1v) is 9.02. The van der Waals surface area contributed by atoms with Gasteiger partial charge in [0.2, 0.25) is 5.82 Å². The Labute approximate surface area is 145 Å². The Bertz CT molecular complexity index is 983. The summed E-state index contributed by atoms with van der Waals surface area (Å²) in [5.41, 5.74) is 4.90. The van der Waals surface area contributed by atoms with Crippen LogP contribution in [0.2, 0.25) is 0 Å². The van der Waals surface area contributed by atoms with Crippen molar-refractivity contribution in [2.75, 3.05) is 6.54 Å². The van der Waals surface area contributed by atoms with Crippen LogP contribution < -0.4 is 0 Å². The first kappa shape index (κ1) is 14.7. The number of benzene rings is 1. The summed E-state index contributed by atoms with van der Waals surface area (Å²) < 4.78 is 2.01. The minimum atomic E-state index is 0.00769. The zero-order valence-electron chi connectivity index (χ0n) is 14.4. The molecule has 2 aliphatic rings. The van der Waals surface area contributed by atoms with Crippen LogP contribution in [0.3, 0.4) is 0 Å². The van der Waals surface area contributed by atoms with E-state index < -0.39 is 0 Å². The Morgan fingerprint density at radius 3 is 3.00 bits per heavy atom. The smallest absolute Gasteiger partial charge is 0.292 e. The monoisotopic (exact) mass is 335 g/mol. The van der Waals surface area contributed by atoms with Crippen molar-refractivity contribution in [3.8, 4) is 0 Å². The van der Waals surface area contributed by atoms with E-state index in [2.05, 4.69) is 40.3 Å². The van der Waals surface area contributed by atoms with Gasteiger partial charge in [-0.1, -0.05) is 11.6 Å².